The molecule has 0 bridgehead atoms. The van der Waals surface area contributed by atoms with Crippen molar-refractivity contribution in [2.75, 3.05) is 7.05 Å². The maximum absolute atomic E-state index is 12.0. The number of amides is 1. The Morgan fingerprint density at radius 3 is 2.75 bits per heavy atom. The van der Waals surface area contributed by atoms with Crippen LogP contribution in [-0.4, -0.2) is 22.5 Å². The van der Waals surface area contributed by atoms with E-state index in [2.05, 4.69) is 16.8 Å². The third kappa shape index (κ3) is 3.15. The fourth-order valence-corrected chi connectivity index (χ4v) is 3.04. The molecule has 1 aromatic heterocycles. The van der Waals surface area contributed by atoms with Crippen LogP contribution >= 0.6 is 11.6 Å². The van der Waals surface area contributed by atoms with E-state index >= 15 is 0 Å². The quantitative estimate of drug-likeness (QED) is 0.761. The molecule has 0 fully saturated rings. The Morgan fingerprint density at radius 2 is 2.04 bits per heavy atom. The van der Waals surface area contributed by atoms with Gasteiger partial charge in [-0.1, -0.05) is 36.7 Å². The zero-order chi connectivity index (χ0) is 17.1. The van der Waals surface area contributed by atoms with E-state index in [1.807, 2.05) is 42.5 Å². The topological polar surface area (TPSA) is 46.9 Å². The molecule has 1 N–H and O–H groups in total. The molecule has 1 amide bonds. The fourth-order valence-electron chi connectivity index (χ4n) is 2.85. The van der Waals surface area contributed by atoms with E-state index in [9.17, 15) is 4.79 Å². The summed E-state index contributed by atoms with van der Waals surface area (Å²) >= 11 is 6.33. The molecule has 0 unspecified atom stereocenters. The van der Waals surface area contributed by atoms with Crippen LogP contribution in [0.1, 0.15) is 35.1 Å². The van der Waals surface area contributed by atoms with Crippen LogP contribution in [0.3, 0.4) is 0 Å². The summed E-state index contributed by atoms with van der Waals surface area (Å²) in [5, 5.41) is 3.41. The minimum Gasteiger partial charge on any atom is -0.355 e. The van der Waals surface area contributed by atoms with Crippen molar-refractivity contribution in [2.45, 2.75) is 26.3 Å². The molecule has 4 nitrogen and oxygen atoms in total. The van der Waals surface area contributed by atoms with Crippen LogP contribution in [0.25, 0.3) is 11.0 Å². The number of hydrogen-bond acceptors (Lipinski definition) is 2. The van der Waals surface area contributed by atoms with Crippen LogP contribution in [0.4, 0.5) is 0 Å². The Hall–Kier alpha value is -2.33. The van der Waals surface area contributed by atoms with Gasteiger partial charge in [0.05, 0.1) is 17.6 Å². The van der Waals surface area contributed by atoms with Crippen molar-refractivity contribution in [3.05, 3.63) is 64.4 Å². The van der Waals surface area contributed by atoms with E-state index in [-0.39, 0.29) is 5.91 Å². The van der Waals surface area contributed by atoms with Gasteiger partial charge < -0.3 is 9.88 Å². The van der Waals surface area contributed by atoms with Crippen molar-refractivity contribution in [1.82, 2.24) is 14.9 Å². The molecule has 0 radical (unpaired) electrons. The fraction of sp³-hybridized carbons (Fsp3) is 0.263. The standard InChI is InChI=1S/C19H20ClN3O/c1-3-6-18-22-16-10-9-13(19(24)21-2)11-17(16)23(18)12-14-7-4-5-8-15(14)20/h4-5,7-11H,3,6,12H2,1-2H3,(H,21,24). The summed E-state index contributed by atoms with van der Waals surface area (Å²) in [6.07, 6.45) is 1.89. The van der Waals surface area contributed by atoms with Crippen molar-refractivity contribution in [3.8, 4) is 0 Å². The van der Waals surface area contributed by atoms with Gasteiger partial charge in [0.15, 0.2) is 0 Å². The monoisotopic (exact) mass is 341 g/mol. The highest BCUT2D eigenvalue weighted by Crippen LogP contribution is 2.23. The highest BCUT2D eigenvalue weighted by molar-refractivity contribution is 6.31. The predicted molar refractivity (Wildman–Crippen MR) is 97.7 cm³/mol. The minimum absolute atomic E-state index is 0.0977. The Kier molecular flexibility index (Phi) is 4.86. The van der Waals surface area contributed by atoms with Gasteiger partial charge in [0.25, 0.3) is 5.91 Å². The Bertz CT molecular complexity index is 885. The van der Waals surface area contributed by atoms with Crippen molar-refractivity contribution < 1.29 is 4.79 Å². The van der Waals surface area contributed by atoms with Gasteiger partial charge in [0.1, 0.15) is 5.82 Å². The molecule has 0 aliphatic rings. The molecule has 5 heteroatoms. The first kappa shape index (κ1) is 16.5. The predicted octanol–water partition coefficient (Wildman–Crippen LogP) is 4.05. The zero-order valence-corrected chi connectivity index (χ0v) is 14.6. The lowest BCUT2D eigenvalue weighted by atomic mass is 10.1. The van der Waals surface area contributed by atoms with Gasteiger partial charge in [-0.15, -0.1) is 0 Å². The van der Waals surface area contributed by atoms with Gasteiger partial charge >= 0.3 is 0 Å². The van der Waals surface area contributed by atoms with Crippen LogP contribution in [-0.2, 0) is 13.0 Å². The molecule has 0 atom stereocenters. The molecule has 0 aliphatic carbocycles. The number of hydrogen-bond donors (Lipinski definition) is 1. The van der Waals surface area contributed by atoms with Crippen molar-refractivity contribution in [3.63, 3.8) is 0 Å². The summed E-state index contributed by atoms with van der Waals surface area (Å²) in [6.45, 7) is 2.78. The number of carbonyl (C=O) groups excluding carboxylic acids is 1. The van der Waals surface area contributed by atoms with Gasteiger partial charge in [-0.2, -0.15) is 0 Å². The average molecular weight is 342 g/mol. The molecule has 3 aromatic rings. The molecule has 0 saturated carbocycles. The van der Waals surface area contributed by atoms with Gasteiger partial charge in [-0.3, -0.25) is 4.79 Å². The van der Waals surface area contributed by atoms with E-state index in [0.717, 1.165) is 40.3 Å². The molecule has 3 rings (SSSR count). The molecule has 0 spiro atoms. The van der Waals surface area contributed by atoms with Gasteiger partial charge in [-0.25, -0.2) is 4.98 Å². The summed E-state index contributed by atoms with van der Waals surface area (Å²) in [5.74, 6) is 0.918. The van der Waals surface area contributed by atoms with E-state index in [1.54, 1.807) is 7.05 Å². The highest BCUT2D eigenvalue weighted by atomic mass is 35.5. The summed E-state index contributed by atoms with van der Waals surface area (Å²) < 4.78 is 2.16. The number of aromatic nitrogens is 2. The summed E-state index contributed by atoms with van der Waals surface area (Å²) in [5.41, 5.74) is 3.53. The Labute approximate surface area is 146 Å². The van der Waals surface area contributed by atoms with E-state index in [4.69, 9.17) is 16.6 Å². The number of aryl methyl sites for hydroxylation is 1. The lowest BCUT2D eigenvalue weighted by Crippen LogP contribution is -2.17. The summed E-state index contributed by atoms with van der Waals surface area (Å²) in [6, 6.07) is 13.4. The molecule has 24 heavy (non-hydrogen) atoms. The largest absolute Gasteiger partial charge is 0.355 e. The number of nitrogens with zero attached hydrogens (tertiary/aromatic N) is 2. The second-order valence-corrected chi connectivity index (χ2v) is 6.15. The second kappa shape index (κ2) is 7.05. The highest BCUT2D eigenvalue weighted by Gasteiger charge is 2.14. The van der Waals surface area contributed by atoms with E-state index < -0.39 is 0 Å². The third-order valence-electron chi connectivity index (χ3n) is 4.08. The first-order chi connectivity index (χ1) is 11.6. The molecule has 124 valence electrons. The number of halogens is 1. The Morgan fingerprint density at radius 1 is 1.25 bits per heavy atom. The van der Waals surface area contributed by atoms with Gasteiger partial charge in [0.2, 0.25) is 0 Å². The number of benzene rings is 2. The van der Waals surface area contributed by atoms with Crippen molar-refractivity contribution in [1.29, 1.82) is 0 Å². The Balaban J connectivity index is 2.13. The number of rotatable bonds is 5. The number of nitrogens with one attached hydrogen (secondary N) is 1. The molecular formula is C19H20ClN3O. The minimum atomic E-state index is -0.0977. The van der Waals surface area contributed by atoms with E-state index in [1.165, 1.54) is 0 Å². The number of carbonyl (C=O) groups is 1. The van der Waals surface area contributed by atoms with Crippen molar-refractivity contribution in [2.24, 2.45) is 0 Å². The smallest absolute Gasteiger partial charge is 0.251 e. The van der Waals surface area contributed by atoms with Crippen LogP contribution in [0, 0.1) is 0 Å². The van der Waals surface area contributed by atoms with Crippen molar-refractivity contribution >= 4 is 28.5 Å². The third-order valence-corrected chi connectivity index (χ3v) is 4.45. The molecule has 0 aliphatic heterocycles. The first-order valence-electron chi connectivity index (χ1n) is 8.08. The SMILES string of the molecule is CCCc1nc2ccc(C(=O)NC)cc2n1Cc1ccccc1Cl. The normalized spacial score (nSPS) is 11.0. The number of imidazole rings is 1. The molecule has 0 saturated heterocycles. The number of fused-ring (bicyclic) bond motifs is 1. The van der Waals surface area contributed by atoms with Gasteiger partial charge in [-0.05, 0) is 36.2 Å². The molecule has 2 aromatic carbocycles. The first-order valence-corrected chi connectivity index (χ1v) is 8.46. The summed E-state index contributed by atoms with van der Waals surface area (Å²) in [4.78, 5) is 16.7. The van der Waals surface area contributed by atoms with Crippen LogP contribution in [0.15, 0.2) is 42.5 Å². The van der Waals surface area contributed by atoms with Crippen LogP contribution in [0.5, 0.6) is 0 Å². The maximum Gasteiger partial charge on any atom is 0.251 e. The van der Waals surface area contributed by atoms with Crippen LogP contribution in [0.2, 0.25) is 5.02 Å². The average Bonchev–Trinajstić information content (AvgIpc) is 2.93. The van der Waals surface area contributed by atoms with Gasteiger partial charge in [0, 0.05) is 24.1 Å². The lowest BCUT2D eigenvalue weighted by molar-refractivity contribution is 0.0963. The molecule has 1 heterocycles. The van der Waals surface area contributed by atoms with Crippen LogP contribution < -0.4 is 5.32 Å². The molecular weight excluding hydrogens is 322 g/mol. The zero-order valence-electron chi connectivity index (χ0n) is 13.8. The maximum atomic E-state index is 12.0. The second-order valence-electron chi connectivity index (χ2n) is 5.74. The lowest BCUT2D eigenvalue weighted by Gasteiger charge is -2.11. The van der Waals surface area contributed by atoms with E-state index in [0.29, 0.717) is 12.1 Å². The summed E-state index contributed by atoms with van der Waals surface area (Å²) in [7, 11) is 1.64.